The van der Waals surface area contributed by atoms with Crippen LogP contribution in [-0.4, -0.2) is 19.5 Å². The molecule has 0 unspecified atom stereocenters. The molecular weight excluding hydrogens is 629 g/mol. The van der Waals surface area contributed by atoms with Gasteiger partial charge in [-0.25, -0.2) is 4.98 Å². The molecule has 51 heavy (non-hydrogen) atoms. The standard InChI is InChI=1S/C43H22N8/c44-23-31-13-7-14-32(24-45)39(31)29-18-20-37-36(21-29)35-19-17-30(40-33(25-46)15-8-16-34(40)26-47)22-38(35)51(37)43-49-41(27-9-3-1-4-10-27)48-42(50-43)28-11-5-2-6-12-28/h1-22H. The van der Waals surface area contributed by atoms with Crippen LogP contribution in [0.25, 0.3) is 72.8 Å². The van der Waals surface area contributed by atoms with Gasteiger partial charge in [-0.3, -0.25) is 4.57 Å². The zero-order chi connectivity index (χ0) is 34.9. The van der Waals surface area contributed by atoms with Gasteiger partial charge in [0, 0.05) is 33.0 Å². The molecule has 0 aliphatic carbocycles. The molecular formula is C43H22N8. The first kappa shape index (κ1) is 30.4. The predicted octanol–water partition coefficient (Wildman–Crippen LogP) is 9.12. The third kappa shape index (κ3) is 5.20. The van der Waals surface area contributed by atoms with E-state index in [1.54, 1.807) is 36.4 Å². The van der Waals surface area contributed by atoms with E-state index in [2.05, 4.69) is 24.3 Å². The number of fused-ring (bicyclic) bond motifs is 3. The lowest BCUT2D eigenvalue weighted by molar-refractivity contribution is 0.953. The average molecular weight is 651 g/mol. The fourth-order valence-corrected chi connectivity index (χ4v) is 6.54. The van der Waals surface area contributed by atoms with Crippen LogP contribution in [0.1, 0.15) is 22.3 Å². The summed E-state index contributed by atoms with van der Waals surface area (Å²) in [5.41, 5.74) is 7.20. The Morgan fingerprint density at radius 2 is 0.863 bits per heavy atom. The fourth-order valence-electron chi connectivity index (χ4n) is 6.54. The predicted molar refractivity (Wildman–Crippen MR) is 195 cm³/mol. The van der Waals surface area contributed by atoms with Crippen molar-refractivity contribution in [3.8, 4) is 75.3 Å². The van der Waals surface area contributed by atoms with Gasteiger partial charge in [-0.1, -0.05) is 91.0 Å². The van der Waals surface area contributed by atoms with E-state index in [4.69, 9.17) is 15.0 Å². The van der Waals surface area contributed by atoms with Crippen molar-refractivity contribution in [1.29, 1.82) is 21.0 Å². The maximum Gasteiger partial charge on any atom is 0.238 e. The van der Waals surface area contributed by atoms with Crippen LogP contribution in [0.2, 0.25) is 0 Å². The van der Waals surface area contributed by atoms with Crippen LogP contribution < -0.4 is 0 Å². The van der Waals surface area contributed by atoms with Gasteiger partial charge in [0.1, 0.15) is 0 Å². The van der Waals surface area contributed by atoms with Crippen molar-refractivity contribution in [2.75, 3.05) is 0 Å². The van der Waals surface area contributed by atoms with Gasteiger partial charge in [0.25, 0.3) is 0 Å². The van der Waals surface area contributed by atoms with Crippen LogP contribution in [-0.2, 0) is 0 Å². The third-order valence-corrected chi connectivity index (χ3v) is 8.84. The molecule has 0 atom stereocenters. The first-order valence-electron chi connectivity index (χ1n) is 15.9. The molecule has 0 N–H and O–H groups in total. The molecule has 234 valence electrons. The molecule has 2 heterocycles. The van der Waals surface area contributed by atoms with Crippen molar-refractivity contribution in [3.05, 3.63) is 156 Å². The summed E-state index contributed by atoms with van der Waals surface area (Å²) >= 11 is 0. The Kier molecular flexibility index (Phi) is 7.52. The van der Waals surface area contributed by atoms with Crippen LogP contribution in [0.3, 0.4) is 0 Å². The summed E-state index contributed by atoms with van der Waals surface area (Å²) in [6, 6.07) is 50.2. The first-order valence-corrected chi connectivity index (χ1v) is 15.9. The molecule has 0 fully saturated rings. The van der Waals surface area contributed by atoms with Crippen molar-refractivity contribution in [2.45, 2.75) is 0 Å². The van der Waals surface area contributed by atoms with Crippen molar-refractivity contribution >= 4 is 21.8 Å². The number of benzene rings is 6. The Balaban J connectivity index is 1.48. The van der Waals surface area contributed by atoms with Crippen LogP contribution in [0, 0.1) is 45.3 Å². The highest BCUT2D eigenvalue weighted by Crippen LogP contribution is 2.39. The number of hydrogen-bond acceptors (Lipinski definition) is 7. The minimum atomic E-state index is 0.372. The minimum Gasteiger partial charge on any atom is -0.278 e. The Morgan fingerprint density at radius 3 is 1.35 bits per heavy atom. The summed E-state index contributed by atoms with van der Waals surface area (Å²) in [6.07, 6.45) is 0. The monoisotopic (exact) mass is 650 g/mol. The van der Waals surface area contributed by atoms with E-state index in [9.17, 15) is 21.0 Å². The molecule has 8 aromatic rings. The topological polar surface area (TPSA) is 139 Å². The highest BCUT2D eigenvalue weighted by Gasteiger charge is 2.21. The second kappa shape index (κ2) is 12.6. The molecule has 0 saturated carbocycles. The highest BCUT2D eigenvalue weighted by molar-refractivity contribution is 6.11. The zero-order valence-electron chi connectivity index (χ0n) is 26.8. The smallest absolute Gasteiger partial charge is 0.238 e. The molecule has 0 bridgehead atoms. The molecule has 6 aromatic carbocycles. The molecule has 0 spiro atoms. The zero-order valence-corrected chi connectivity index (χ0v) is 26.8. The van der Waals surface area contributed by atoms with E-state index in [0.717, 1.165) is 32.9 Å². The highest BCUT2D eigenvalue weighted by atomic mass is 15.2. The lowest BCUT2D eigenvalue weighted by Gasteiger charge is -2.12. The number of aromatic nitrogens is 4. The third-order valence-electron chi connectivity index (χ3n) is 8.84. The molecule has 0 aliphatic heterocycles. The maximum absolute atomic E-state index is 10.0. The average Bonchev–Trinajstić information content (AvgIpc) is 3.53. The van der Waals surface area contributed by atoms with E-state index in [0.29, 0.717) is 62.1 Å². The Morgan fingerprint density at radius 1 is 0.392 bits per heavy atom. The number of rotatable bonds is 5. The molecule has 0 radical (unpaired) electrons. The largest absolute Gasteiger partial charge is 0.278 e. The van der Waals surface area contributed by atoms with E-state index >= 15 is 0 Å². The lowest BCUT2D eigenvalue weighted by atomic mass is 9.93. The van der Waals surface area contributed by atoms with Gasteiger partial charge in [0.05, 0.1) is 57.6 Å². The first-order chi connectivity index (χ1) is 25.1. The van der Waals surface area contributed by atoms with Gasteiger partial charge in [-0.2, -0.15) is 31.0 Å². The van der Waals surface area contributed by atoms with Crippen LogP contribution in [0.15, 0.2) is 133 Å². The van der Waals surface area contributed by atoms with Crippen LogP contribution in [0.5, 0.6) is 0 Å². The van der Waals surface area contributed by atoms with Crippen molar-refractivity contribution in [1.82, 2.24) is 19.5 Å². The normalized spacial score (nSPS) is 10.7. The summed E-state index contributed by atoms with van der Waals surface area (Å²) in [6.45, 7) is 0. The van der Waals surface area contributed by atoms with E-state index < -0.39 is 0 Å². The molecule has 0 saturated heterocycles. The molecule has 0 amide bonds. The fraction of sp³-hybridized carbons (Fsp3) is 0. The summed E-state index contributed by atoms with van der Waals surface area (Å²) in [4.78, 5) is 14.9. The minimum absolute atomic E-state index is 0.372. The number of hydrogen-bond donors (Lipinski definition) is 0. The Bertz CT molecular complexity index is 2720. The summed E-state index contributed by atoms with van der Waals surface area (Å²) in [7, 11) is 0. The molecule has 8 rings (SSSR count). The second-order valence-corrected chi connectivity index (χ2v) is 11.7. The summed E-state index contributed by atoms with van der Waals surface area (Å²) < 4.78 is 1.96. The van der Waals surface area contributed by atoms with Gasteiger partial charge >= 0.3 is 0 Å². The summed E-state index contributed by atoms with van der Waals surface area (Å²) in [5.74, 6) is 1.35. The van der Waals surface area contributed by atoms with E-state index in [1.165, 1.54) is 0 Å². The second-order valence-electron chi connectivity index (χ2n) is 11.7. The number of nitrogens with zero attached hydrogens (tertiary/aromatic N) is 8. The van der Waals surface area contributed by atoms with Crippen molar-refractivity contribution in [3.63, 3.8) is 0 Å². The van der Waals surface area contributed by atoms with Crippen LogP contribution in [0.4, 0.5) is 0 Å². The molecule has 8 heteroatoms. The molecule has 8 nitrogen and oxygen atoms in total. The molecule has 0 aliphatic rings. The lowest BCUT2D eigenvalue weighted by Crippen LogP contribution is -2.06. The van der Waals surface area contributed by atoms with Gasteiger partial charge in [-0.15, -0.1) is 0 Å². The van der Waals surface area contributed by atoms with Gasteiger partial charge < -0.3 is 0 Å². The van der Waals surface area contributed by atoms with Crippen molar-refractivity contribution < 1.29 is 0 Å². The quantitative estimate of drug-likeness (QED) is 0.181. The SMILES string of the molecule is N#Cc1cccc(C#N)c1-c1ccc2c(c1)c1ccc(-c3c(C#N)cccc3C#N)cc1n2-c1nc(-c2ccccc2)nc(-c2ccccc2)n1. The van der Waals surface area contributed by atoms with Crippen molar-refractivity contribution in [2.24, 2.45) is 0 Å². The Labute approximate surface area is 292 Å². The van der Waals surface area contributed by atoms with Gasteiger partial charge in [-0.05, 0) is 53.6 Å². The van der Waals surface area contributed by atoms with Gasteiger partial charge in [0.15, 0.2) is 11.6 Å². The van der Waals surface area contributed by atoms with Gasteiger partial charge in [0.2, 0.25) is 5.95 Å². The number of nitriles is 4. The maximum atomic E-state index is 10.0. The Hall–Kier alpha value is -7.91. The van der Waals surface area contributed by atoms with E-state index in [1.807, 2.05) is 102 Å². The molecule has 2 aromatic heterocycles. The summed E-state index contributed by atoms with van der Waals surface area (Å²) in [5, 5.41) is 41.7. The van der Waals surface area contributed by atoms with E-state index in [-0.39, 0.29) is 0 Å². The van der Waals surface area contributed by atoms with Crippen LogP contribution >= 0.6 is 0 Å².